The number of hydrogen-bond acceptors (Lipinski definition) is 4. The van der Waals surface area contributed by atoms with Gasteiger partial charge in [-0.2, -0.15) is 0 Å². The Morgan fingerprint density at radius 2 is 1.82 bits per heavy atom. The minimum Gasteiger partial charge on any atom is -0.381 e. The van der Waals surface area contributed by atoms with Crippen molar-refractivity contribution in [2.45, 2.75) is 33.1 Å². The molecule has 0 aliphatic heterocycles. The van der Waals surface area contributed by atoms with Crippen molar-refractivity contribution in [3.05, 3.63) is 59.7 Å². The van der Waals surface area contributed by atoms with Crippen LogP contribution in [0.3, 0.4) is 0 Å². The maximum absolute atomic E-state index is 12.1. The molecule has 0 radical (unpaired) electrons. The van der Waals surface area contributed by atoms with E-state index < -0.39 is 10.0 Å². The van der Waals surface area contributed by atoms with Crippen molar-refractivity contribution >= 4 is 27.3 Å². The summed E-state index contributed by atoms with van der Waals surface area (Å²) in [5, 5.41) is 2.83. The van der Waals surface area contributed by atoms with E-state index in [9.17, 15) is 13.2 Å². The zero-order valence-electron chi connectivity index (χ0n) is 16.4. The van der Waals surface area contributed by atoms with Gasteiger partial charge in [-0.1, -0.05) is 30.3 Å². The van der Waals surface area contributed by atoms with E-state index in [0.717, 1.165) is 12.0 Å². The molecule has 0 aromatic heterocycles. The van der Waals surface area contributed by atoms with E-state index in [-0.39, 0.29) is 11.7 Å². The summed E-state index contributed by atoms with van der Waals surface area (Å²) in [5.41, 5.74) is 3.15. The smallest absolute Gasteiger partial charge is 0.232 e. The molecule has 0 atom stereocenters. The Morgan fingerprint density at radius 3 is 2.50 bits per heavy atom. The number of ether oxygens (including phenoxy) is 1. The van der Waals surface area contributed by atoms with E-state index in [1.165, 1.54) is 5.56 Å². The van der Waals surface area contributed by atoms with Crippen molar-refractivity contribution in [1.29, 1.82) is 0 Å². The van der Waals surface area contributed by atoms with Gasteiger partial charge in [0.05, 0.1) is 18.0 Å². The Morgan fingerprint density at radius 1 is 1.07 bits per heavy atom. The number of amides is 1. The van der Waals surface area contributed by atoms with E-state index >= 15 is 0 Å². The first-order valence-electron chi connectivity index (χ1n) is 9.42. The van der Waals surface area contributed by atoms with Crippen LogP contribution in [-0.4, -0.2) is 33.3 Å². The predicted molar refractivity (Wildman–Crippen MR) is 113 cm³/mol. The highest BCUT2D eigenvalue weighted by atomic mass is 32.2. The highest BCUT2D eigenvalue weighted by molar-refractivity contribution is 7.92. The SMILES string of the molecule is CCS(=O)(=O)Nc1ccc(NC(=O)CCCOCCc2ccccc2)cc1C. The predicted octanol–water partition coefficient (Wildman–Crippen LogP) is 3.73. The van der Waals surface area contributed by atoms with Crippen molar-refractivity contribution in [1.82, 2.24) is 0 Å². The fourth-order valence-electron chi connectivity index (χ4n) is 2.59. The molecule has 6 nitrogen and oxygen atoms in total. The number of nitrogens with one attached hydrogen (secondary N) is 2. The monoisotopic (exact) mass is 404 g/mol. The van der Waals surface area contributed by atoms with E-state index in [0.29, 0.717) is 37.4 Å². The van der Waals surface area contributed by atoms with Crippen molar-refractivity contribution in [3.8, 4) is 0 Å². The lowest BCUT2D eigenvalue weighted by Crippen LogP contribution is -2.16. The maximum atomic E-state index is 12.1. The molecule has 0 unspecified atom stereocenters. The van der Waals surface area contributed by atoms with Crippen LogP contribution in [0.2, 0.25) is 0 Å². The Balaban J connectivity index is 1.69. The summed E-state index contributed by atoms with van der Waals surface area (Å²) in [4.78, 5) is 12.1. The van der Waals surface area contributed by atoms with E-state index in [4.69, 9.17) is 4.74 Å². The van der Waals surface area contributed by atoms with Gasteiger partial charge in [-0.25, -0.2) is 8.42 Å². The van der Waals surface area contributed by atoms with Crippen molar-refractivity contribution in [2.24, 2.45) is 0 Å². The molecule has 0 aliphatic carbocycles. The first-order valence-corrected chi connectivity index (χ1v) is 11.1. The van der Waals surface area contributed by atoms with Gasteiger partial charge >= 0.3 is 0 Å². The van der Waals surface area contributed by atoms with Crippen LogP contribution in [0.1, 0.15) is 30.9 Å². The van der Waals surface area contributed by atoms with E-state index in [1.807, 2.05) is 18.2 Å². The Kier molecular flexibility index (Phi) is 8.47. The number of carbonyl (C=O) groups is 1. The third-order valence-electron chi connectivity index (χ3n) is 4.23. The summed E-state index contributed by atoms with van der Waals surface area (Å²) in [6.45, 7) is 4.55. The Labute approximate surface area is 167 Å². The van der Waals surface area contributed by atoms with Crippen LogP contribution in [0.25, 0.3) is 0 Å². The fraction of sp³-hybridized carbons (Fsp3) is 0.381. The number of aryl methyl sites for hydroxylation is 1. The number of sulfonamides is 1. The molecule has 0 spiro atoms. The quantitative estimate of drug-likeness (QED) is 0.559. The molecule has 0 fully saturated rings. The van der Waals surface area contributed by atoms with Gasteiger partial charge in [0.25, 0.3) is 0 Å². The molecular formula is C21H28N2O4S. The molecule has 152 valence electrons. The highest BCUT2D eigenvalue weighted by Gasteiger charge is 2.10. The Hall–Kier alpha value is -2.38. The van der Waals surface area contributed by atoms with E-state index in [1.54, 1.807) is 32.0 Å². The van der Waals surface area contributed by atoms with Crippen LogP contribution < -0.4 is 10.0 Å². The average molecular weight is 405 g/mol. The molecule has 2 N–H and O–H groups in total. The molecule has 0 saturated heterocycles. The summed E-state index contributed by atoms with van der Waals surface area (Å²) >= 11 is 0. The second kappa shape index (κ2) is 10.8. The standard InChI is InChI=1S/C21H28N2O4S/c1-3-28(25,26)23-20-12-11-19(16-17(20)2)22-21(24)10-7-14-27-15-13-18-8-5-4-6-9-18/h4-6,8-9,11-12,16,23H,3,7,10,13-15H2,1-2H3,(H,22,24). The summed E-state index contributed by atoms with van der Waals surface area (Å²) in [6.07, 6.45) is 1.88. The lowest BCUT2D eigenvalue weighted by atomic mass is 10.2. The van der Waals surface area contributed by atoms with Crippen LogP contribution in [0.15, 0.2) is 48.5 Å². The lowest BCUT2D eigenvalue weighted by molar-refractivity contribution is -0.116. The molecular weight excluding hydrogens is 376 g/mol. The largest absolute Gasteiger partial charge is 0.381 e. The topological polar surface area (TPSA) is 84.5 Å². The third-order valence-corrected chi connectivity index (χ3v) is 5.52. The molecule has 2 aromatic carbocycles. The molecule has 7 heteroatoms. The number of benzene rings is 2. The molecule has 0 bridgehead atoms. The van der Waals surface area contributed by atoms with Crippen LogP contribution >= 0.6 is 0 Å². The maximum Gasteiger partial charge on any atom is 0.232 e. The van der Waals surface area contributed by atoms with Gasteiger partial charge in [0, 0.05) is 18.7 Å². The average Bonchev–Trinajstić information content (AvgIpc) is 2.67. The van der Waals surface area contributed by atoms with E-state index in [2.05, 4.69) is 22.2 Å². The van der Waals surface area contributed by atoms with Gasteiger partial charge in [0.1, 0.15) is 0 Å². The van der Waals surface area contributed by atoms with Crippen molar-refractivity contribution < 1.29 is 17.9 Å². The first kappa shape index (κ1) is 21.9. The molecule has 0 heterocycles. The van der Waals surface area contributed by atoms with Crippen LogP contribution in [0.4, 0.5) is 11.4 Å². The second-order valence-electron chi connectivity index (χ2n) is 6.53. The molecule has 28 heavy (non-hydrogen) atoms. The number of carbonyl (C=O) groups excluding carboxylic acids is 1. The normalized spacial score (nSPS) is 11.2. The van der Waals surface area contributed by atoms with Gasteiger partial charge in [-0.15, -0.1) is 0 Å². The van der Waals surface area contributed by atoms with Crippen LogP contribution in [-0.2, 0) is 26.0 Å². The molecule has 0 aliphatic rings. The number of anilines is 2. The lowest BCUT2D eigenvalue weighted by Gasteiger charge is -2.12. The molecule has 0 saturated carbocycles. The summed E-state index contributed by atoms with van der Waals surface area (Å²) < 4.78 is 31.4. The van der Waals surface area contributed by atoms with Crippen LogP contribution in [0.5, 0.6) is 0 Å². The van der Waals surface area contributed by atoms with Crippen molar-refractivity contribution in [3.63, 3.8) is 0 Å². The molecule has 2 aromatic rings. The molecule has 1 amide bonds. The van der Waals surface area contributed by atoms with Gasteiger partial charge in [-0.3, -0.25) is 9.52 Å². The zero-order chi connectivity index (χ0) is 20.4. The molecule has 2 rings (SSSR count). The van der Waals surface area contributed by atoms with Gasteiger partial charge < -0.3 is 10.1 Å². The first-order chi connectivity index (χ1) is 13.4. The Bertz CT molecular complexity index is 867. The summed E-state index contributed by atoms with van der Waals surface area (Å²) in [5.74, 6) is -0.0776. The second-order valence-corrected chi connectivity index (χ2v) is 8.55. The minimum absolute atomic E-state index is 0.0122. The summed E-state index contributed by atoms with van der Waals surface area (Å²) in [7, 11) is -3.32. The van der Waals surface area contributed by atoms with Gasteiger partial charge in [0.2, 0.25) is 15.9 Å². The van der Waals surface area contributed by atoms with Crippen LogP contribution in [0, 0.1) is 6.92 Å². The van der Waals surface area contributed by atoms with Gasteiger partial charge in [0.15, 0.2) is 0 Å². The summed E-state index contributed by atoms with van der Waals surface area (Å²) in [6, 6.07) is 15.2. The third kappa shape index (κ3) is 7.70. The number of rotatable bonds is 11. The highest BCUT2D eigenvalue weighted by Crippen LogP contribution is 2.21. The van der Waals surface area contributed by atoms with Crippen molar-refractivity contribution in [2.75, 3.05) is 29.0 Å². The fourth-order valence-corrected chi connectivity index (χ4v) is 3.30. The number of hydrogen-bond donors (Lipinski definition) is 2. The van der Waals surface area contributed by atoms with Gasteiger partial charge in [-0.05, 0) is 56.0 Å². The minimum atomic E-state index is -3.32. The zero-order valence-corrected chi connectivity index (χ0v) is 17.2.